The zero-order valence-electron chi connectivity index (χ0n) is 9.05. The Morgan fingerprint density at radius 3 is 2.65 bits per heavy atom. The minimum absolute atomic E-state index is 0.275. The molecule has 1 unspecified atom stereocenters. The molecule has 0 N–H and O–H groups in total. The van der Waals surface area contributed by atoms with Crippen molar-refractivity contribution in [3.63, 3.8) is 0 Å². The SMILES string of the molecule is COC(=O)C(C)(C#N)c1cc(F)c(Br)c(I)c1. The van der Waals surface area contributed by atoms with E-state index in [-0.39, 0.29) is 5.56 Å². The molecule has 0 spiro atoms. The number of methoxy groups -OCH3 is 1. The maximum atomic E-state index is 13.6. The molecular weight excluding hydrogens is 404 g/mol. The summed E-state index contributed by atoms with van der Waals surface area (Å²) >= 11 is 4.99. The maximum Gasteiger partial charge on any atom is 0.330 e. The Labute approximate surface area is 120 Å². The van der Waals surface area contributed by atoms with E-state index in [1.807, 2.05) is 28.7 Å². The third-order valence-electron chi connectivity index (χ3n) is 2.38. The van der Waals surface area contributed by atoms with Gasteiger partial charge in [0.25, 0.3) is 0 Å². The minimum atomic E-state index is -1.50. The first-order valence-corrected chi connectivity index (χ1v) is 6.38. The summed E-state index contributed by atoms with van der Waals surface area (Å²) in [5.74, 6) is -1.23. The van der Waals surface area contributed by atoms with Gasteiger partial charge in [0.05, 0.1) is 17.7 Å². The van der Waals surface area contributed by atoms with Crippen LogP contribution < -0.4 is 0 Å². The van der Waals surface area contributed by atoms with Crippen LogP contribution in [0.5, 0.6) is 0 Å². The fourth-order valence-corrected chi connectivity index (χ4v) is 2.10. The summed E-state index contributed by atoms with van der Waals surface area (Å²) in [7, 11) is 1.19. The minimum Gasteiger partial charge on any atom is -0.468 e. The molecule has 0 aliphatic rings. The van der Waals surface area contributed by atoms with E-state index in [2.05, 4.69) is 20.7 Å². The number of carbonyl (C=O) groups is 1. The van der Waals surface area contributed by atoms with E-state index in [4.69, 9.17) is 5.26 Å². The highest BCUT2D eigenvalue weighted by Crippen LogP contribution is 2.31. The highest BCUT2D eigenvalue weighted by molar-refractivity contribution is 14.1. The summed E-state index contributed by atoms with van der Waals surface area (Å²) in [6.45, 7) is 1.40. The first-order valence-electron chi connectivity index (χ1n) is 4.51. The Morgan fingerprint density at radius 1 is 1.65 bits per heavy atom. The fourth-order valence-electron chi connectivity index (χ4n) is 1.28. The van der Waals surface area contributed by atoms with Crippen molar-refractivity contribution in [3.05, 3.63) is 31.6 Å². The summed E-state index contributed by atoms with van der Waals surface area (Å²) < 4.78 is 19.0. The van der Waals surface area contributed by atoms with Gasteiger partial charge >= 0.3 is 5.97 Å². The molecule has 0 amide bonds. The van der Waals surface area contributed by atoms with E-state index in [1.54, 1.807) is 6.07 Å². The second-order valence-corrected chi connectivity index (χ2v) is 5.44. The third kappa shape index (κ3) is 2.60. The molecule has 0 saturated carbocycles. The number of benzene rings is 1. The van der Waals surface area contributed by atoms with Crippen LogP contribution in [0.4, 0.5) is 4.39 Å². The van der Waals surface area contributed by atoms with Gasteiger partial charge < -0.3 is 4.74 Å². The molecule has 0 radical (unpaired) electrons. The molecule has 0 saturated heterocycles. The van der Waals surface area contributed by atoms with Crippen molar-refractivity contribution >= 4 is 44.5 Å². The van der Waals surface area contributed by atoms with Crippen LogP contribution in [0, 0.1) is 20.7 Å². The van der Waals surface area contributed by atoms with Crippen LogP contribution in [0.15, 0.2) is 16.6 Å². The van der Waals surface area contributed by atoms with Gasteiger partial charge in [-0.05, 0) is 63.1 Å². The number of hydrogen-bond acceptors (Lipinski definition) is 3. The second-order valence-electron chi connectivity index (χ2n) is 3.48. The van der Waals surface area contributed by atoms with Crippen molar-refractivity contribution in [1.29, 1.82) is 5.26 Å². The monoisotopic (exact) mass is 411 g/mol. The molecule has 0 aliphatic heterocycles. The van der Waals surface area contributed by atoms with E-state index in [1.165, 1.54) is 14.0 Å². The van der Waals surface area contributed by atoms with E-state index in [9.17, 15) is 9.18 Å². The highest BCUT2D eigenvalue weighted by atomic mass is 127. The molecule has 1 aromatic carbocycles. The van der Waals surface area contributed by atoms with Gasteiger partial charge in [0.1, 0.15) is 5.82 Å². The molecular formula is C11H8BrFINO2. The van der Waals surface area contributed by atoms with Gasteiger partial charge in [-0.15, -0.1) is 0 Å². The number of carbonyl (C=O) groups excluding carboxylic acids is 1. The summed E-state index contributed by atoms with van der Waals surface area (Å²) in [6.07, 6.45) is 0. The Bertz CT molecular complexity index is 492. The zero-order chi connectivity index (χ0) is 13.2. The lowest BCUT2D eigenvalue weighted by Crippen LogP contribution is -2.32. The Balaban J connectivity index is 3.42. The molecule has 1 rings (SSSR count). The zero-order valence-corrected chi connectivity index (χ0v) is 12.8. The van der Waals surface area contributed by atoms with Gasteiger partial charge in [-0.1, -0.05) is 0 Å². The van der Waals surface area contributed by atoms with Gasteiger partial charge in [0.15, 0.2) is 5.41 Å². The molecule has 0 bridgehead atoms. The Morgan fingerprint density at radius 2 is 2.24 bits per heavy atom. The molecule has 0 aliphatic carbocycles. The van der Waals surface area contributed by atoms with E-state index in [0.29, 0.717) is 8.04 Å². The number of nitrogens with zero attached hydrogens (tertiary/aromatic N) is 1. The van der Waals surface area contributed by atoms with Crippen molar-refractivity contribution in [1.82, 2.24) is 0 Å². The van der Waals surface area contributed by atoms with Crippen LogP contribution in [-0.4, -0.2) is 13.1 Å². The number of ether oxygens (including phenoxy) is 1. The van der Waals surface area contributed by atoms with Crippen molar-refractivity contribution in [2.45, 2.75) is 12.3 Å². The molecule has 1 atom stereocenters. The number of hydrogen-bond donors (Lipinski definition) is 0. The van der Waals surface area contributed by atoms with Crippen LogP contribution in [0.3, 0.4) is 0 Å². The normalized spacial score (nSPS) is 13.6. The first kappa shape index (κ1) is 14.4. The lowest BCUT2D eigenvalue weighted by atomic mass is 9.84. The molecule has 3 nitrogen and oxygen atoms in total. The quantitative estimate of drug-likeness (QED) is 0.426. The van der Waals surface area contributed by atoms with E-state index >= 15 is 0 Å². The van der Waals surface area contributed by atoms with Gasteiger partial charge in [0.2, 0.25) is 0 Å². The number of nitriles is 1. The van der Waals surface area contributed by atoms with E-state index < -0.39 is 17.2 Å². The Kier molecular flexibility index (Phi) is 4.49. The van der Waals surface area contributed by atoms with Crippen molar-refractivity contribution < 1.29 is 13.9 Å². The molecule has 90 valence electrons. The van der Waals surface area contributed by atoms with Crippen molar-refractivity contribution in [2.75, 3.05) is 7.11 Å². The summed E-state index contributed by atoms with van der Waals surface area (Å²) in [5, 5.41) is 9.10. The highest BCUT2D eigenvalue weighted by Gasteiger charge is 2.37. The van der Waals surface area contributed by atoms with Gasteiger partial charge in [-0.3, -0.25) is 0 Å². The van der Waals surface area contributed by atoms with Gasteiger partial charge in [0, 0.05) is 3.57 Å². The summed E-state index contributed by atoms with van der Waals surface area (Å²) in [4.78, 5) is 11.6. The first-order chi connectivity index (χ1) is 7.86. The van der Waals surface area contributed by atoms with Crippen LogP contribution in [0.1, 0.15) is 12.5 Å². The standard InChI is InChI=1S/C11H8BrFINO2/c1-11(5-15,10(16)17-2)6-3-7(13)9(12)8(14)4-6/h3-4H,1-2H3. The molecule has 0 aromatic heterocycles. The smallest absolute Gasteiger partial charge is 0.330 e. The van der Waals surface area contributed by atoms with Gasteiger partial charge in [-0.25, -0.2) is 9.18 Å². The molecule has 17 heavy (non-hydrogen) atoms. The molecule has 0 fully saturated rings. The lowest BCUT2D eigenvalue weighted by molar-refractivity contribution is -0.144. The summed E-state index contributed by atoms with van der Waals surface area (Å²) in [5.41, 5.74) is -1.23. The molecule has 0 heterocycles. The van der Waals surface area contributed by atoms with Crippen molar-refractivity contribution in [2.24, 2.45) is 0 Å². The predicted molar refractivity (Wildman–Crippen MR) is 71.8 cm³/mol. The van der Waals surface area contributed by atoms with Gasteiger partial charge in [-0.2, -0.15) is 5.26 Å². The maximum absolute atomic E-state index is 13.6. The summed E-state index contributed by atoms with van der Waals surface area (Å²) in [6, 6.07) is 4.60. The van der Waals surface area contributed by atoms with Crippen LogP contribution >= 0.6 is 38.5 Å². The average Bonchev–Trinajstić information content (AvgIpc) is 2.33. The lowest BCUT2D eigenvalue weighted by Gasteiger charge is -2.19. The second kappa shape index (κ2) is 5.31. The average molecular weight is 412 g/mol. The number of halogens is 3. The third-order valence-corrected chi connectivity index (χ3v) is 4.78. The Hall–Kier alpha value is -0.680. The molecule has 6 heteroatoms. The number of rotatable bonds is 2. The van der Waals surface area contributed by atoms with Crippen molar-refractivity contribution in [3.8, 4) is 6.07 Å². The van der Waals surface area contributed by atoms with Crippen LogP contribution in [0.25, 0.3) is 0 Å². The predicted octanol–water partition coefficient (Wildman–Crippen LogP) is 3.15. The fraction of sp³-hybridized carbons (Fsp3) is 0.273. The van der Waals surface area contributed by atoms with Crippen LogP contribution in [-0.2, 0) is 14.9 Å². The topological polar surface area (TPSA) is 50.1 Å². The van der Waals surface area contributed by atoms with E-state index in [0.717, 1.165) is 6.07 Å². The molecule has 1 aromatic rings. The number of esters is 1. The largest absolute Gasteiger partial charge is 0.468 e. The van der Waals surface area contributed by atoms with Crippen LogP contribution in [0.2, 0.25) is 0 Å².